The molecule has 9 nitrogen and oxygen atoms in total. The topological polar surface area (TPSA) is 118 Å². The van der Waals surface area contributed by atoms with Gasteiger partial charge in [-0.3, -0.25) is 0 Å². The molecule has 1 saturated heterocycles. The van der Waals surface area contributed by atoms with Gasteiger partial charge in [-0.05, 0) is 30.3 Å². The van der Waals surface area contributed by atoms with Crippen LogP contribution in [-0.2, 0) is 0 Å². The minimum atomic E-state index is 0.0543. The molecule has 2 aromatic heterocycles. The third kappa shape index (κ3) is 3.50. The zero-order valence-electron chi connectivity index (χ0n) is 13.5. The maximum atomic E-state index is 5.45. The van der Waals surface area contributed by atoms with Crippen molar-refractivity contribution < 1.29 is 4.42 Å². The average molecular weight is 338 g/mol. The second kappa shape index (κ2) is 6.73. The summed E-state index contributed by atoms with van der Waals surface area (Å²) in [5.41, 5.74) is 7.16. The van der Waals surface area contributed by atoms with Crippen LogP contribution in [0.1, 0.15) is 0 Å². The lowest BCUT2D eigenvalue weighted by molar-refractivity contribution is 0.580. The van der Waals surface area contributed by atoms with Crippen molar-refractivity contribution in [3.8, 4) is 11.5 Å². The molecule has 0 aliphatic carbocycles. The number of rotatable bonds is 4. The van der Waals surface area contributed by atoms with Crippen LogP contribution in [0.15, 0.2) is 40.9 Å². The summed E-state index contributed by atoms with van der Waals surface area (Å²) in [7, 11) is 0. The van der Waals surface area contributed by atoms with Crippen molar-refractivity contribution in [2.45, 2.75) is 0 Å². The highest BCUT2D eigenvalue weighted by atomic mass is 16.4. The van der Waals surface area contributed by atoms with Gasteiger partial charge in [0.25, 0.3) is 0 Å². The minimum Gasteiger partial charge on any atom is -0.404 e. The summed E-state index contributed by atoms with van der Waals surface area (Å²) in [4.78, 5) is 11.1. The molecule has 0 unspecified atom stereocenters. The van der Waals surface area contributed by atoms with Gasteiger partial charge in [0, 0.05) is 43.6 Å². The fourth-order valence-corrected chi connectivity index (χ4v) is 2.63. The maximum Gasteiger partial charge on any atom is 0.313 e. The number of hydrogen-bond donors (Lipinski definition) is 3. The molecule has 0 spiro atoms. The molecule has 0 amide bonds. The molecule has 1 aromatic carbocycles. The second-order valence-corrected chi connectivity index (χ2v) is 5.63. The molecule has 3 heterocycles. The van der Waals surface area contributed by atoms with E-state index in [0.717, 1.165) is 49.2 Å². The van der Waals surface area contributed by atoms with E-state index < -0.39 is 0 Å². The zero-order chi connectivity index (χ0) is 17.1. The molecule has 128 valence electrons. The Labute approximate surface area is 144 Å². The molecule has 3 aromatic rings. The third-order valence-corrected chi connectivity index (χ3v) is 3.89. The molecule has 1 fully saturated rings. The Morgan fingerprint density at radius 2 is 1.88 bits per heavy atom. The van der Waals surface area contributed by atoms with E-state index in [1.807, 2.05) is 30.3 Å². The lowest BCUT2D eigenvalue weighted by atomic mass is 10.2. The summed E-state index contributed by atoms with van der Waals surface area (Å²) in [6.45, 7) is 3.71. The van der Waals surface area contributed by atoms with Crippen molar-refractivity contribution >= 4 is 23.5 Å². The normalized spacial score (nSPS) is 14.5. The van der Waals surface area contributed by atoms with Gasteiger partial charge >= 0.3 is 6.01 Å². The number of nitrogens with zero attached hydrogens (tertiary/aromatic N) is 5. The number of anilines is 4. The van der Waals surface area contributed by atoms with Gasteiger partial charge in [-0.2, -0.15) is 4.98 Å². The Hall–Kier alpha value is -3.20. The van der Waals surface area contributed by atoms with E-state index in [2.05, 4.69) is 35.7 Å². The number of nitrogens with one attached hydrogen (secondary N) is 2. The minimum absolute atomic E-state index is 0.0543. The Bertz CT molecular complexity index is 841. The van der Waals surface area contributed by atoms with Crippen LogP contribution in [0.4, 0.5) is 23.5 Å². The van der Waals surface area contributed by atoms with Gasteiger partial charge in [0.15, 0.2) is 0 Å². The average Bonchev–Trinajstić information content (AvgIpc) is 3.10. The molecule has 0 bridgehead atoms. The Balaban J connectivity index is 1.48. The Kier molecular flexibility index (Phi) is 4.13. The third-order valence-electron chi connectivity index (χ3n) is 3.89. The molecular weight excluding hydrogens is 320 g/mol. The quantitative estimate of drug-likeness (QED) is 0.646. The molecule has 1 aliphatic rings. The van der Waals surface area contributed by atoms with Crippen molar-refractivity contribution in [3.63, 3.8) is 0 Å². The number of benzene rings is 1. The van der Waals surface area contributed by atoms with Crippen molar-refractivity contribution in [1.29, 1.82) is 0 Å². The highest BCUT2D eigenvalue weighted by Crippen LogP contribution is 2.22. The molecule has 1 aliphatic heterocycles. The molecule has 4 rings (SSSR count). The second-order valence-electron chi connectivity index (χ2n) is 5.63. The first kappa shape index (κ1) is 15.3. The predicted molar refractivity (Wildman–Crippen MR) is 94.5 cm³/mol. The van der Waals surface area contributed by atoms with E-state index in [9.17, 15) is 0 Å². The molecule has 4 N–H and O–H groups in total. The monoisotopic (exact) mass is 338 g/mol. The van der Waals surface area contributed by atoms with Crippen molar-refractivity contribution in [2.75, 3.05) is 42.1 Å². The Morgan fingerprint density at radius 1 is 1.08 bits per heavy atom. The zero-order valence-corrected chi connectivity index (χ0v) is 13.5. The largest absolute Gasteiger partial charge is 0.404 e. The molecule has 25 heavy (non-hydrogen) atoms. The van der Waals surface area contributed by atoms with E-state index in [0.29, 0.717) is 5.89 Å². The predicted octanol–water partition coefficient (Wildman–Crippen LogP) is 1.26. The first-order valence-electron chi connectivity index (χ1n) is 8.03. The molecule has 0 radical (unpaired) electrons. The molecule has 0 atom stereocenters. The maximum absolute atomic E-state index is 5.45. The summed E-state index contributed by atoms with van der Waals surface area (Å²) >= 11 is 0. The van der Waals surface area contributed by atoms with Crippen LogP contribution in [0.5, 0.6) is 0 Å². The van der Waals surface area contributed by atoms with Crippen LogP contribution in [0.2, 0.25) is 0 Å². The fourth-order valence-electron chi connectivity index (χ4n) is 2.63. The summed E-state index contributed by atoms with van der Waals surface area (Å²) in [6, 6.07) is 9.50. The highest BCUT2D eigenvalue weighted by molar-refractivity contribution is 5.63. The van der Waals surface area contributed by atoms with Crippen LogP contribution in [0.25, 0.3) is 11.5 Å². The van der Waals surface area contributed by atoms with Gasteiger partial charge in [0.1, 0.15) is 5.82 Å². The summed E-state index contributed by atoms with van der Waals surface area (Å²) in [6.07, 6.45) is 1.77. The van der Waals surface area contributed by atoms with Crippen LogP contribution in [0.3, 0.4) is 0 Å². The molecule has 9 heteroatoms. The Morgan fingerprint density at radius 3 is 2.60 bits per heavy atom. The van der Waals surface area contributed by atoms with Gasteiger partial charge < -0.3 is 25.7 Å². The van der Waals surface area contributed by atoms with Gasteiger partial charge in [0.2, 0.25) is 11.8 Å². The summed E-state index contributed by atoms with van der Waals surface area (Å²) in [5, 5.41) is 14.1. The summed E-state index contributed by atoms with van der Waals surface area (Å²) < 4.78 is 5.21. The van der Waals surface area contributed by atoms with Crippen LogP contribution >= 0.6 is 0 Å². The van der Waals surface area contributed by atoms with Crippen LogP contribution < -0.4 is 21.3 Å². The number of nitrogens with two attached hydrogens (primary N) is 1. The lowest BCUT2D eigenvalue weighted by Gasteiger charge is -2.27. The smallest absolute Gasteiger partial charge is 0.313 e. The van der Waals surface area contributed by atoms with Crippen molar-refractivity contribution in [1.82, 2.24) is 25.5 Å². The molecule has 0 saturated carbocycles. The van der Waals surface area contributed by atoms with Crippen molar-refractivity contribution in [3.05, 3.63) is 36.5 Å². The highest BCUT2D eigenvalue weighted by Gasteiger charge is 2.13. The van der Waals surface area contributed by atoms with Crippen LogP contribution in [0, 0.1) is 0 Å². The number of piperazine rings is 1. The van der Waals surface area contributed by atoms with E-state index in [1.54, 1.807) is 6.20 Å². The first-order chi connectivity index (χ1) is 12.3. The van der Waals surface area contributed by atoms with E-state index in [1.165, 1.54) is 0 Å². The standard InChI is InChI=1S/C16H18N8O/c17-15-23-22-14(25-15)11-1-3-12(4-2-11)20-13-5-6-19-16(21-13)24-9-7-18-8-10-24/h1-6,18H,7-10H2,(H2,17,23)(H,19,20,21). The van der Waals surface area contributed by atoms with Gasteiger partial charge in [-0.25, -0.2) is 4.98 Å². The summed E-state index contributed by atoms with van der Waals surface area (Å²) in [5.74, 6) is 1.88. The number of nitrogen functional groups attached to an aromatic ring is 1. The van der Waals surface area contributed by atoms with E-state index in [-0.39, 0.29) is 6.01 Å². The van der Waals surface area contributed by atoms with Crippen molar-refractivity contribution in [2.24, 2.45) is 0 Å². The molecular formula is C16H18N8O. The number of hydrogen-bond acceptors (Lipinski definition) is 9. The number of aromatic nitrogens is 4. The first-order valence-corrected chi connectivity index (χ1v) is 8.03. The SMILES string of the molecule is Nc1nnc(-c2ccc(Nc3ccnc(N4CCNCC4)n3)cc2)o1. The van der Waals surface area contributed by atoms with Gasteiger partial charge in [-0.1, -0.05) is 5.10 Å². The lowest BCUT2D eigenvalue weighted by Crippen LogP contribution is -2.44. The van der Waals surface area contributed by atoms with E-state index >= 15 is 0 Å². The fraction of sp³-hybridized carbons (Fsp3) is 0.250. The van der Waals surface area contributed by atoms with Gasteiger partial charge in [-0.15, -0.1) is 5.10 Å². The van der Waals surface area contributed by atoms with E-state index in [4.69, 9.17) is 10.2 Å². The van der Waals surface area contributed by atoms with Gasteiger partial charge in [0.05, 0.1) is 0 Å². The van der Waals surface area contributed by atoms with Crippen LogP contribution in [-0.4, -0.2) is 46.3 Å².